The zero-order valence-electron chi connectivity index (χ0n) is 20.5. The van der Waals surface area contributed by atoms with Crippen LogP contribution in [-0.4, -0.2) is 93.4 Å². The van der Waals surface area contributed by atoms with Gasteiger partial charge in [-0.15, -0.1) is 0 Å². The first kappa shape index (κ1) is 26.0. The van der Waals surface area contributed by atoms with Crippen LogP contribution in [0.25, 0.3) is 0 Å². The summed E-state index contributed by atoms with van der Waals surface area (Å²) < 4.78 is 12.3. The Kier molecular flexibility index (Phi) is 6.15. The van der Waals surface area contributed by atoms with E-state index >= 15 is 0 Å². The first-order valence-electron chi connectivity index (χ1n) is 11.2. The van der Waals surface area contributed by atoms with Crippen molar-refractivity contribution in [3.63, 3.8) is 0 Å². The van der Waals surface area contributed by atoms with E-state index in [9.17, 15) is 39.4 Å². The fourth-order valence-electron chi connectivity index (χ4n) is 5.89. The molecule has 1 aromatic carbocycles. The van der Waals surface area contributed by atoms with Crippen LogP contribution in [0.1, 0.15) is 22.3 Å². The number of carbonyl (C=O) groups excluding carboxylic acids is 3. The Morgan fingerprint density at radius 2 is 1.81 bits per heavy atom. The van der Waals surface area contributed by atoms with Crippen LogP contribution in [0.15, 0.2) is 33.6 Å². The average molecular weight is 520 g/mol. The van der Waals surface area contributed by atoms with E-state index in [1.165, 1.54) is 11.2 Å². The van der Waals surface area contributed by atoms with Crippen LogP contribution in [0, 0.1) is 11.8 Å². The van der Waals surface area contributed by atoms with Crippen molar-refractivity contribution in [3.8, 4) is 5.75 Å². The highest BCUT2D eigenvalue weighted by Gasteiger charge is 2.63. The lowest BCUT2D eigenvalue weighted by Gasteiger charge is -2.50. The Bertz CT molecular complexity index is 1270. The molecular formula is C24H29N3O8S. The molecule has 36 heavy (non-hydrogen) atoms. The molecule has 1 aromatic rings. The summed E-state index contributed by atoms with van der Waals surface area (Å²) >= 11 is -1.65. The monoisotopic (exact) mass is 519 g/mol. The number of Topliss-reactive ketones (excluding diaryl/α,β-unsaturated/α-hetero) is 2. The zero-order valence-corrected chi connectivity index (χ0v) is 21.3. The van der Waals surface area contributed by atoms with Gasteiger partial charge in [-0.05, 0) is 49.6 Å². The number of ketones is 2. The Morgan fingerprint density at radius 3 is 2.31 bits per heavy atom. The van der Waals surface area contributed by atoms with Gasteiger partial charge in [0.2, 0.25) is 5.78 Å². The van der Waals surface area contributed by atoms with Crippen molar-refractivity contribution >= 4 is 34.3 Å². The van der Waals surface area contributed by atoms with Crippen molar-refractivity contribution in [1.29, 1.82) is 0 Å². The van der Waals surface area contributed by atoms with Crippen LogP contribution in [-0.2, 0) is 27.2 Å². The third-order valence-electron chi connectivity index (χ3n) is 7.46. The first-order valence-corrected chi connectivity index (χ1v) is 12.8. The molecule has 5 unspecified atom stereocenters. The number of hydrogen-bond donors (Lipinski definition) is 5. The molecule has 0 spiro atoms. The SMILES string of the molecule is CN(C)c1cc([S+](C)[O-])c(O)c2c1CC1CC3C(N(C)C)C(O)=C(C(N)=O)C(=O)C3(O)C(O)=C1C2=O. The Morgan fingerprint density at radius 1 is 1.19 bits per heavy atom. The Balaban J connectivity index is 2.00. The van der Waals surface area contributed by atoms with Crippen LogP contribution in [0.3, 0.4) is 0 Å². The molecule has 3 aliphatic rings. The molecule has 1 amide bonds. The molecule has 0 saturated carbocycles. The van der Waals surface area contributed by atoms with Crippen molar-refractivity contribution in [2.75, 3.05) is 39.3 Å². The molecule has 0 aliphatic heterocycles. The molecule has 11 nitrogen and oxygen atoms in total. The van der Waals surface area contributed by atoms with Gasteiger partial charge in [-0.25, -0.2) is 0 Å². The molecule has 0 fully saturated rings. The molecule has 4 rings (SSSR count). The number of carbonyl (C=O) groups is 3. The minimum Gasteiger partial charge on any atom is -0.612 e. The summed E-state index contributed by atoms with van der Waals surface area (Å²) in [6, 6.07) is 0.494. The molecule has 0 saturated heterocycles. The number of primary amides is 1. The molecule has 6 N–H and O–H groups in total. The third-order valence-corrected chi connectivity index (χ3v) is 8.39. The summed E-state index contributed by atoms with van der Waals surface area (Å²) in [5, 5.41) is 44.6. The van der Waals surface area contributed by atoms with Crippen molar-refractivity contribution in [3.05, 3.63) is 39.9 Å². The number of phenols is 1. The predicted octanol–water partition coefficient (Wildman–Crippen LogP) is -0.0760. The number of likely N-dealkylation sites (N-methyl/N-ethyl adjacent to an activating group) is 1. The predicted molar refractivity (Wildman–Crippen MR) is 130 cm³/mol. The summed E-state index contributed by atoms with van der Waals surface area (Å²) in [4.78, 5) is 42.4. The van der Waals surface area contributed by atoms with Gasteiger partial charge in [-0.2, -0.15) is 0 Å². The number of benzene rings is 1. The van der Waals surface area contributed by atoms with E-state index in [2.05, 4.69) is 0 Å². The molecule has 0 bridgehead atoms. The van der Waals surface area contributed by atoms with Gasteiger partial charge in [0.15, 0.2) is 22.0 Å². The molecule has 12 heteroatoms. The first-order chi connectivity index (χ1) is 16.7. The lowest BCUT2D eigenvalue weighted by atomic mass is 9.58. The lowest BCUT2D eigenvalue weighted by Crippen LogP contribution is -2.63. The number of nitrogens with zero attached hydrogens (tertiary/aromatic N) is 2. The topological polar surface area (TPSA) is 188 Å². The van der Waals surface area contributed by atoms with Gasteiger partial charge in [0.05, 0.1) is 11.6 Å². The Labute approximate surface area is 210 Å². The quantitative estimate of drug-likeness (QED) is 0.266. The maximum Gasteiger partial charge on any atom is 0.255 e. The van der Waals surface area contributed by atoms with Crippen molar-refractivity contribution in [2.24, 2.45) is 17.6 Å². The number of aliphatic hydroxyl groups is 3. The van der Waals surface area contributed by atoms with E-state index in [0.717, 1.165) is 0 Å². The minimum absolute atomic E-state index is 0.000845. The van der Waals surface area contributed by atoms with Crippen LogP contribution >= 0.6 is 0 Å². The number of nitrogens with two attached hydrogens (primary N) is 1. The molecule has 0 heterocycles. The summed E-state index contributed by atoms with van der Waals surface area (Å²) in [7, 11) is 6.61. The van der Waals surface area contributed by atoms with Crippen LogP contribution in [0.4, 0.5) is 5.69 Å². The van der Waals surface area contributed by atoms with Crippen molar-refractivity contribution in [1.82, 2.24) is 4.90 Å². The van der Waals surface area contributed by atoms with Gasteiger partial charge in [0.1, 0.15) is 23.3 Å². The highest BCUT2D eigenvalue weighted by Crippen LogP contribution is 2.53. The van der Waals surface area contributed by atoms with E-state index < -0.39 is 75.0 Å². The minimum atomic E-state index is -2.70. The number of fused-ring (bicyclic) bond motifs is 3. The van der Waals surface area contributed by atoms with E-state index in [4.69, 9.17) is 5.73 Å². The third kappa shape index (κ3) is 3.35. The summed E-state index contributed by atoms with van der Waals surface area (Å²) in [5.41, 5.74) is 2.40. The summed E-state index contributed by atoms with van der Waals surface area (Å²) in [5.74, 6) is -7.20. The van der Waals surface area contributed by atoms with Gasteiger partial charge in [0, 0.05) is 37.3 Å². The number of hydrogen-bond acceptors (Lipinski definition) is 10. The lowest BCUT2D eigenvalue weighted by molar-refractivity contribution is -0.148. The molecule has 0 aromatic heterocycles. The maximum absolute atomic E-state index is 13.8. The number of phenolic OH excluding ortho intramolecular Hbond substituents is 1. The van der Waals surface area contributed by atoms with Crippen molar-refractivity contribution in [2.45, 2.75) is 29.4 Å². The van der Waals surface area contributed by atoms with Crippen molar-refractivity contribution < 1.29 is 39.4 Å². The largest absolute Gasteiger partial charge is 0.612 e. The highest BCUT2D eigenvalue weighted by atomic mass is 32.2. The van der Waals surface area contributed by atoms with Gasteiger partial charge in [-0.3, -0.25) is 19.3 Å². The van der Waals surface area contributed by atoms with Crippen LogP contribution in [0.2, 0.25) is 0 Å². The normalized spacial score (nSPS) is 28.6. The second-order valence-corrected chi connectivity index (χ2v) is 11.3. The van der Waals surface area contributed by atoms with Gasteiger partial charge in [0.25, 0.3) is 5.91 Å². The number of amides is 1. The molecule has 5 atom stereocenters. The Hall–Kier alpha value is -3.06. The summed E-state index contributed by atoms with van der Waals surface area (Å²) in [6.45, 7) is 0. The second-order valence-electron chi connectivity index (χ2n) is 9.91. The number of allylic oxidation sites excluding steroid dienone is 1. The fraction of sp³-hybridized carbons (Fsp3) is 0.458. The molecular weight excluding hydrogens is 490 g/mol. The zero-order chi connectivity index (χ0) is 27.0. The van der Waals surface area contributed by atoms with Gasteiger partial charge >= 0.3 is 0 Å². The van der Waals surface area contributed by atoms with Crippen LogP contribution in [0.5, 0.6) is 5.75 Å². The number of aromatic hydroxyl groups is 1. The van der Waals surface area contributed by atoms with E-state index in [-0.39, 0.29) is 28.9 Å². The molecule has 194 valence electrons. The van der Waals surface area contributed by atoms with Crippen LogP contribution < -0.4 is 10.6 Å². The highest BCUT2D eigenvalue weighted by molar-refractivity contribution is 7.90. The number of rotatable bonds is 4. The number of anilines is 1. The standard InChI is InChI=1S/C24H29N3O8S/c1-26(2)12-8-13(36(5)35)18(28)15-10(12)6-9-7-11-17(27(3)4)20(30)16(23(25)33)22(32)24(11,34)21(31)14(9)19(15)29/h8-9,11,17,28,30-31,34H,6-7H2,1-5H3,(H2,25,33). The molecule has 0 radical (unpaired) electrons. The number of aliphatic hydroxyl groups excluding tert-OH is 2. The van der Waals surface area contributed by atoms with E-state index in [0.29, 0.717) is 11.3 Å². The average Bonchev–Trinajstić information content (AvgIpc) is 2.75. The smallest absolute Gasteiger partial charge is 0.255 e. The van der Waals surface area contributed by atoms with E-state index in [1.807, 2.05) is 0 Å². The fourth-order valence-corrected chi connectivity index (χ4v) is 6.54. The maximum atomic E-state index is 13.8. The van der Waals surface area contributed by atoms with Gasteiger partial charge in [-0.1, -0.05) is 0 Å². The van der Waals surface area contributed by atoms with Gasteiger partial charge < -0.3 is 35.6 Å². The van der Waals surface area contributed by atoms with E-state index in [1.54, 1.807) is 39.2 Å². The molecule has 3 aliphatic carbocycles. The summed E-state index contributed by atoms with van der Waals surface area (Å²) in [6.07, 6.45) is 1.51. The second kappa shape index (κ2) is 8.51.